The minimum atomic E-state index is 0.933. The lowest BCUT2D eigenvalue weighted by Gasteiger charge is -2.22. The Balaban J connectivity index is 0.000000459. The standard InChI is InChI=1S/C27H31N2O.C8H19N.CH5N/c1-5-28(6-2)21-14-16-23-25(18-21)30-26-19-22(29(7-3)8-4)15-17-24(26)27(23)20-12-10-9-11-13-20;1-4-7-8-9(5-2)6-3;1-2/h9-19H,5-8H2,1-4H3;4-8H2,1-3H3;2H2,1H3/q+1;;. The molecule has 0 amide bonds. The molecule has 1 aliphatic heterocycles. The van der Waals surface area contributed by atoms with Crippen LogP contribution in [0.1, 0.15) is 61.3 Å². The number of hydrogen-bond donors (Lipinski definition) is 1. The van der Waals surface area contributed by atoms with E-state index in [1.165, 1.54) is 61.7 Å². The van der Waals surface area contributed by atoms with Crippen LogP contribution in [0.2, 0.25) is 0 Å². The van der Waals surface area contributed by atoms with E-state index in [9.17, 15) is 0 Å². The second-order valence-electron chi connectivity index (χ2n) is 9.93. The van der Waals surface area contributed by atoms with Gasteiger partial charge in [-0.2, -0.15) is 0 Å². The van der Waals surface area contributed by atoms with E-state index in [-0.39, 0.29) is 0 Å². The van der Waals surface area contributed by atoms with E-state index in [4.69, 9.17) is 4.42 Å². The maximum atomic E-state index is 6.51. The Morgan fingerprint density at radius 1 is 0.732 bits per heavy atom. The zero-order valence-corrected chi connectivity index (χ0v) is 27.0. The summed E-state index contributed by atoms with van der Waals surface area (Å²) in [5.74, 6) is 0.933. The van der Waals surface area contributed by atoms with Gasteiger partial charge in [-0.3, -0.25) is 0 Å². The predicted molar refractivity (Wildman–Crippen MR) is 181 cm³/mol. The fourth-order valence-electron chi connectivity index (χ4n) is 5.28. The number of fused-ring (bicyclic) bond motifs is 2. The van der Waals surface area contributed by atoms with Crippen LogP contribution in [0.25, 0.3) is 33.4 Å². The number of nitrogens with two attached hydrogens (primary N) is 1. The molecule has 2 aromatic rings. The normalized spacial score (nSPS) is 10.7. The topological polar surface area (TPSA) is 48.7 Å². The quantitative estimate of drug-likeness (QED) is 0.152. The van der Waals surface area contributed by atoms with Crippen molar-refractivity contribution in [3.05, 3.63) is 72.1 Å². The van der Waals surface area contributed by atoms with Crippen molar-refractivity contribution in [2.24, 2.45) is 5.73 Å². The largest absolute Gasteiger partial charge is 0.456 e. The van der Waals surface area contributed by atoms with Crippen LogP contribution in [0.3, 0.4) is 0 Å². The summed E-state index contributed by atoms with van der Waals surface area (Å²) < 4.78 is 8.87. The molecule has 0 spiro atoms. The molecule has 0 fully saturated rings. The lowest BCUT2D eigenvalue weighted by atomic mass is 9.93. The fraction of sp³-hybridized carbons (Fsp3) is 0.472. The van der Waals surface area contributed by atoms with Crippen molar-refractivity contribution in [1.29, 1.82) is 0 Å². The first-order chi connectivity index (χ1) is 20.0. The van der Waals surface area contributed by atoms with Crippen LogP contribution in [0.4, 0.5) is 5.69 Å². The lowest BCUT2D eigenvalue weighted by Crippen LogP contribution is -2.29. The maximum Gasteiger partial charge on any atom is 0.203 e. The van der Waals surface area contributed by atoms with Gasteiger partial charge < -0.3 is 20.0 Å². The van der Waals surface area contributed by atoms with Crippen LogP contribution in [0, 0.1) is 0 Å². The SMILES string of the molecule is CCCCN(CC)CC.CCN(CC)c1ccc2c(-c3ccccc3)c3ccc(=[N+](CC)CC)cc-3oc2c1.CN. The van der Waals surface area contributed by atoms with Crippen molar-refractivity contribution < 1.29 is 4.42 Å². The van der Waals surface area contributed by atoms with Crippen LogP contribution >= 0.6 is 0 Å². The molecule has 0 saturated carbocycles. The molecule has 1 heterocycles. The smallest absolute Gasteiger partial charge is 0.203 e. The molecule has 4 rings (SSSR count). The number of anilines is 1. The molecule has 5 heteroatoms. The molecule has 0 unspecified atom stereocenters. The van der Waals surface area contributed by atoms with Gasteiger partial charge in [-0.05, 0) is 84.6 Å². The molecular formula is C36H55N4O+. The van der Waals surface area contributed by atoms with Gasteiger partial charge in [0.05, 0.1) is 6.07 Å². The van der Waals surface area contributed by atoms with E-state index >= 15 is 0 Å². The molecule has 0 atom stereocenters. The molecule has 5 nitrogen and oxygen atoms in total. The summed E-state index contributed by atoms with van der Waals surface area (Å²) >= 11 is 0. The van der Waals surface area contributed by atoms with E-state index in [2.05, 4.69) is 135 Å². The summed E-state index contributed by atoms with van der Waals surface area (Å²) in [6.45, 7) is 23.1. The first-order valence-corrected chi connectivity index (χ1v) is 15.7. The second-order valence-corrected chi connectivity index (χ2v) is 9.93. The maximum absolute atomic E-state index is 6.51. The Labute approximate surface area is 249 Å². The third-order valence-electron chi connectivity index (χ3n) is 7.73. The molecule has 1 aliphatic carbocycles. The summed E-state index contributed by atoms with van der Waals surface area (Å²) in [6.07, 6.45) is 2.66. The highest BCUT2D eigenvalue weighted by Crippen LogP contribution is 2.40. The molecule has 0 radical (unpaired) electrons. The number of nitrogens with zero attached hydrogens (tertiary/aromatic N) is 3. The molecule has 2 aliphatic rings. The Morgan fingerprint density at radius 2 is 1.39 bits per heavy atom. The summed E-state index contributed by atoms with van der Waals surface area (Å²) in [5.41, 5.74) is 10.2. The first kappa shape index (κ1) is 34.1. The van der Waals surface area contributed by atoms with E-state index < -0.39 is 0 Å². The summed E-state index contributed by atoms with van der Waals surface area (Å²) in [5, 5.41) is 2.36. The van der Waals surface area contributed by atoms with Gasteiger partial charge in [0, 0.05) is 47.4 Å². The fourth-order valence-corrected chi connectivity index (χ4v) is 5.28. The molecule has 224 valence electrons. The number of rotatable bonds is 11. The molecular weight excluding hydrogens is 504 g/mol. The van der Waals surface area contributed by atoms with E-state index in [1.54, 1.807) is 0 Å². The summed E-state index contributed by atoms with van der Waals surface area (Å²) in [7, 11) is 1.50. The minimum absolute atomic E-state index is 0.933. The Hall–Kier alpha value is -3.15. The van der Waals surface area contributed by atoms with Gasteiger partial charge in [0.15, 0.2) is 0 Å². The van der Waals surface area contributed by atoms with Crippen molar-refractivity contribution in [1.82, 2.24) is 9.48 Å². The van der Waals surface area contributed by atoms with Crippen molar-refractivity contribution in [3.63, 3.8) is 0 Å². The average Bonchev–Trinajstić information content (AvgIpc) is 3.03. The monoisotopic (exact) mass is 559 g/mol. The zero-order chi connectivity index (χ0) is 30.2. The second kappa shape index (κ2) is 18.3. The third-order valence-corrected chi connectivity index (χ3v) is 7.73. The van der Waals surface area contributed by atoms with E-state index in [1.807, 2.05) is 0 Å². The Morgan fingerprint density at radius 3 is 1.95 bits per heavy atom. The Bertz CT molecular complexity index is 1310. The summed E-state index contributed by atoms with van der Waals surface area (Å²) in [6, 6.07) is 23.9. The predicted octanol–water partition coefficient (Wildman–Crippen LogP) is 7.57. The number of hydrogen-bond acceptors (Lipinski definition) is 4. The lowest BCUT2D eigenvalue weighted by molar-refractivity contribution is 0.299. The minimum Gasteiger partial charge on any atom is -0.456 e. The average molecular weight is 560 g/mol. The van der Waals surface area contributed by atoms with Crippen LogP contribution in [-0.2, 0) is 0 Å². The van der Waals surface area contributed by atoms with Gasteiger partial charge in [0.2, 0.25) is 5.36 Å². The first-order valence-electron chi connectivity index (χ1n) is 15.7. The molecule has 2 aromatic carbocycles. The zero-order valence-electron chi connectivity index (χ0n) is 27.0. The van der Waals surface area contributed by atoms with Crippen LogP contribution in [0.5, 0.6) is 0 Å². The molecule has 0 bridgehead atoms. The van der Waals surface area contributed by atoms with Crippen molar-refractivity contribution in [3.8, 4) is 22.5 Å². The van der Waals surface area contributed by atoms with Gasteiger partial charge in [0.1, 0.15) is 24.4 Å². The highest BCUT2D eigenvalue weighted by atomic mass is 16.3. The summed E-state index contributed by atoms with van der Waals surface area (Å²) in [4.78, 5) is 4.82. The van der Waals surface area contributed by atoms with Crippen LogP contribution in [-0.4, -0.2) is 57.8 Å². The van der Waals surface area contributed by atoms with Crippen LogP contribution < -0.4 is 20.6 Å². The van der Waals surface area contributed by atoms with Crippen LogP contribution in [0.15, 0.2) is 71.1 Å². The number of unbranched alkanes of at least 4 members (excludes halogenated alkanes) is 1. The van der Waals surface area contributed by atoms with Gasteiger partial charge in [-0.1, -0.05) is 57.5 Å². The van der Waals surface area contributed by atoms with E-state index in [0.717, 1.165) is 48.5 Å². The highest BCUT2D eigenvalue weighted by molar-refractivity contribution is 6.02. The van der Waals surface area contributed by atoms with Gasteiger partial charge >= 0.3 is 0 Å². The third kappa shape index (κ3) is 8.92. The van der Waals surface area contributed by atoms with Crippen molar-refractivity contribution in [2.45, 2.75) is 61.3 Å². The Kier molecular flexibility index (Phi) is 15.2. The molecule has 0 saturated heterocycles. The molecule has 2 N–H and O–H groups in total. The van der Waals surface area contributed by atoms with Crippen molar-refractivity contribution >= 4 is 16.7 Å². The van der Waals surface area contributed by atoms with Gasteiger partial charge in [0.25, 0.3) is 0 Å². The molecule has 41 heavy (non-hydrogen) atoms. The number of benzene rings is 3. The van der Waals surface area contributed by atoms with Gasteiger partial charge in [-0.15, -0.1) is 0 Å². The van der Waals surface area contributed by atoms with E-state index in [0.29, 0.717) is 0 Å². The molecule has 0 aromatic heterocycles. The van der Waals surface area contributed by atoms with Crippen molar-refractivity contribution in [2.75, 3.05) is 57.8 Å². The van der Waals surface area contributed by atoms with Gasteiger partial charge in [-0.25, -0.2) is 4.58 Å². The highest BCUT2D eigenvalue weighted by Gasteiger charge is 2.19.